The molecule has 20 heavy (non-hydrogen) atoms. The molecule has 2 rings (SSSR count). The number of rotatable bonds is 8. The Morgan fingerprint density at radius 3 is 2.15 bits per heavy atom. The molecule has 0 aromatic carbocycles. The molecule has 1 saturated carbocycles. The van der Waals surface area contributed by atoms with Crippen molar-refractivity contribution in [2.45, 2.75) is 58.5 Å². The highest BCUT2D eigenvalue weighted by Gasteiger charge is 2.20. The van der Waals surface area contributed by atoms with Gasteiger partial charge in [-0.15, -0.1) is 0 Å². The van der Waals surface area contributed by atoms with Crippen molar-refractivity contribution in [1.29, 1.82) is 0 Å². The maximum absolute atomic E-state index is 4.77. The molecule has 1 aromatic heterocycles. The summed E-state index contributed by atoms with van der Waals surface area (Å²) in [6, 6.07) is 0.777. The Hall–Kier alpha value is -1.00. The smallest absolute Gasteiger partial charge is 0.142 e. The molecule has 0 bridgehead atoms. The fourth-order valence-electron chi connectivity index (χ4n) is 2.55. The van der Waals surface area contributed by atoms with E-state index in [2.05, 4.69) is 38.2 Å². The molecule has 0 atom stereocenters. The van der Waals surface area contributed by atoms with Crippen LogP contribution in [0.1, 0.15) is 49.5 Å². The van der Waals surface area contributed by atoms with Crippen LogP contribution in [-0.4, -0.2) is 41.5 Å². The van der Waals surface area contributed by atoms with Crippen LogP contribution in [-0.2, 0) is 25.8 Å². The van der Waals surface area contributed by atoms with Gasteiger partial charge in [0, 0.05) is 17.4 Å². The van der Waals surface area contributed by atoms with Crippen molar-refractivity contribution in [2.75, 3.05) is 20.6 Å². The van der Waals surface area contributed by atoms with Crippen LogP contribution in [0.5, 0.6) is 0 Å². The molecule has 0 amide bonds. The third-order valence-corrected chi connectivity index (χ3v) is 3.74. The normalized spacial score (nSPS) is 15.1. The fourth-order valence-corrected chi connectivity index (χ4v) is 2.55. The number of aryl methyl sites for hydroxylation is 2. The van der Waals surface area contributed by atoms with Crippen LogP contribution in [0.15, 0.2) is 0 Å². The molecule has 4 heteroatoms. The van der Waals surface area contributed by atoms with E-state index in [1.54, 1.807) is 0 Å². The van der Waals surface area contributed by atoms with Crippen molar-refractivity contribution in [2.24, 2.45) is 0 Å². The summed E-state index contributed by atoms with van der Waals surface area (Å²) in [6.45, 7) is 6.26. The second-order valence-corrected chi connectivity index (χ2v) is 5.94. The van der Waals surface area contributed by atoms with Crippen molar-refractivity contribution in [3.05, 3.63) is 22.8 Å². The summed E-state index contributed by atoms with van der Waals surface area (Å²) in [5.41, 5.74) is 3.86. The van der Waals surface area contributed by atoms with Crippen LogP contribution in [0, 0.1) is 0 Å². The summed E-state index contributed by atoms with van der Waals surface area (Å²) in [7, 11) is 4.13. The van der Waals surface area contributed by atoms with E-state index in [-0.39, 0.29) is 0 Å². The number of nitrogens with one attached hydrogen (secondary N) is 1. The zero-order valence-corrected chi connectivity index (χ0v) is 13.4. The predicted octanol–water partition coefficient (Wildman–Crippen LogP) is 1.96. The van der Waals surface area contributed by atoms with Crippen LogP contribution in [0.2, 0.25) is 0 Å². The quantitative estimate of drug-likeness (QED) is 0.788. The van der Waals surface area contributed by atoms with Gasteiger partial charge < -0.3 is 10.2 Å². The Kier molecular flexibility index (Phi) is 5.49. The van der Waals surface area contributed by atoms with E-state index in [1.807, 2.05) is 0 Å². The first-order valence-electron chi connectivity index (χ1n) is 7.89. The lowest BCUT2D eigenvalue weighted by molar-refractivity contribution is 0.388. The van der Waals surface area contributed by atoms with E-state index >= 15 is 0 Å². The van der Waals surface area contributed by atoms with Gasteiger partial charge in [0.05, 0.1) is 6.54 Å². The Bertz CT molecular complexity index is 413. The van der Waals surface area contributed by atoms with Crippen molar-refractivity contribution < 1.29 is 0 Å². The summed E-state index contributed by atoms with van der Waals surface area (Å²) >= 11 is 0. The maximum Gasteiger partial charge on any atom is 0.142 e. The van der Waals surface area contributed by atoms with Crippen LogP contribution in [0.25, 0.3) is 0 Å². The van der Waals surface area contributed by atoms with E-state index in [0.717, 1.165) is 44.2 Å². The van der Waals surface area contributed by atoms with Gasteiger partial charge in [-0.05, 0) is 58.3 Å². The molecule has 112 valence electrons. The second kappa shape index (κ2) is 7.14. The summed E-state index contributed by atoms with van der Waals surface area (Å²) in [5, 5.41) is 3.59. The van der Waals surface area contributed by atoms with Gasteiger partial charge in [0.2, 0.25) is 0 Å². The highest BCUT2D eigenvalue weighted by molar-refractivity contribution is 5.27. The van der Waals surface area contributed by atoms with Gasteiger partial charge in [0.25, 0.3) is 0 Å². The maximum atomic E-state index is 4.77. The molecule has 4 nitrogen and oxygen atoms in total. The first-order chi connectivity index (χ1) is 9.63. The standard InChI is InChI=1S/C16H28N4/c1-5-14-13(9-10-17-12-7-8-12)15(6-2)19-16(18-14)11-20(3)4/h12,17H,5-11H2,1-4H3. The van der Waals surface area contributed by atoms with Gasteiger partial charge >= 0.3 is 0 Å². The third-order valence-electron chi connectivity index (χ3n) is 3.74. The molecule has 0 spiro atoms. The van der Waals surface area contributed by atoms with Crippen LogP contribution in [0.4, 0.5) is 0 Å². The SMILES string of the molecule is CCc1nc(CN(C)C)nc(CC)c1CCNC1CC1. The van der Waals surface area contributed by atoms with E-state index in [0.29, 0.717) is 0 Å². The van der Waals surface area contributed by atoms with E-state index < -0.39 is 0 Å². The van der Waals surface area contributed by atoms with Crippen LogP contribution < -0.4 is 5.32 Å². The van der Waals surface area contributed by atoms with Crippen molar-refractivity contribution in [1.82, 2.24) is 20.2 Å². The zero-order chi connectivity index (χ0) is 14.5. The van der Waals surface area contributed by atoms with Crippen molar-refractivity contribution >= 4 is 0 Å². The Balaban J connectivity index is 2.13. The predicted molar refractivity (Wildman–Crippen MR) is 82.9 cm³/mol. The van der Waals surface area contributed by atoms with Crippen LogP contribution in [0.3, 0.4) is 0 Å². The lowest BCUT2D eigenvalue weighted by Gasteiger charge is -2.16. The van der Waals surface area contributed by atoms with Gasteiger partial charge in [-0.3, -0.25) is 0 Å². The summed E-state index contributed by atoms with van der Waals surface area (Å²) in [4.78, 5) is 11.7. The van der Waals surface area contributed by atoms with Gasteiger partial charge in [0.1, 0.15) is 5.82 Å². The molecule has 0 unspecified atom stereocenters. The third kappa shape index (κ3) is 4.25. The lowest BCUT2D eigenvalue weighted by Crippen LogP contribution is -2.22. The minimum absolute atomic E-state index is 0.777. The molecule has 1 fully saturated rings. The highest BCUT2D eigenvalue weighted by atomic mass is 15.1. The van der Waals surface area contributed by atoms with E-state index in [1.165, 1.54) is 29.8 Å². The first kappa shape index (κ1) is 15.4. The molecule has 1 N–H and O–H groups in total. The van der Waals surface area contributed by atoms with Crippen LogP contribution >= 0.6 is 0 Å². The topological polar surface area (TPSA) is 41.1 Å². The molecule has 0 saturated heterocycles. The van der Waals surface area contributed by atoms with E-state index in [4.69, 9.17) is 9.97 Å². The Labute approximate surface area is 123 Å². The summed E-state index contributed by atoms with van der Waals surface area (Å²) in [5.74, 6) is 0.961. The number of aromatic nitrogens is 2. The molecule has 0 radical (unpaired) electrons. The Morgan fingerprint density at radius 2 is 1.70 bits per heavy atom. The number of hydrogen-bond donors (Lipinski definition) is 1. The van der Waals surface area contributed by atoms with Gasteiger partial charge in [0.15, 0.2) is 0 Å². The Morgan fingerprint density at radius 1 is 1.10 bits per heavy atom. The summed E-state index contributed by atoms with van der Waals surface area (Å²) in [6.07, 6.45) is 5.74. The molecular weight excluding hydrogens is 248 g/mol. The number of nitrogens with zero attached hydrogens (tertiary/aromatic N) is 3. The minimum Gasteiger partial charge on any atom is -0.314 e. The lowest BCUT2D eigenvalue weighted by atomic mass is 10.0. The number of hydrogen-bond acceptors (Lipinski definition) is 4. The highest BCUT2D eigenvalue weighted by Crippen LogP contribution is 2.19. The second-order valence-electron chi connectivity index (χ2n) is 5.94. The average Bonchev–Trinajstić information content (AvgIpc) is 3.22. The van der Waals surface area contributed by atoms with E-state index in [9.17, 15) is 0 Å². The van der Waals surface area contributed by atoms with Gasteiger partial charge in [-0.25, -0.2) is 9.97 Å². The monoisotopic (exact) mass is 276 g/mol. The summed E-state index contributed by atoms with van der Waals surface area (Å²) < 4.78 is 0. The van der Waals surface area contributed by atoms with Gasteiger partial charge in [-0.1, -0.05) is 13.8 Å². The molecular formula is C16H28N4. The fraction of sp³-hybridized carbons (Fsp3) is 0.750. The minimum atomic E-state index is 0.777. The molecule has 1 aliphatic rings. The average molecular weight is 276 g/mol. The molecule has 0 aliphatic heterocycles. The molecule has 1 aromatic rings. The molecule has 1 heterocycles. The largest absolute Gasteiger partial charge is 0.314 e. The first-order valence-corrected chi connectivity index (χ1v) is 7.89. The van der Waals surface area contributed by atoms with Crippen molar-refractivity contribution in [3.8, 4) is 0 Å². The van der Waals surface area contributed by atoms with Gasteiger partial charge in [-0.2, -0.15) is 0 Å². The molecule has 1 aliphatic carbocycles. The van der Waals surface area contributed by atoms with Crippen molar-refractivity contribution in [3.63, 3.8) is 0 Å². The zero-order valence-electron chi connectivity index (χ0n) is 13.4.